The fraction of sp³-hybridized carbons (Fsp3) is 0.708. The molecule has 1 aromatic rings. The lowest BCUT2D eigenvalue weighted by atomic mass is 9.43. The summed E-state index contributed by atoms with van der Waals surface area (Å²) >= 11 is 0. The van der Waals surface area contributed by atoms with Crippen LogP contribution >= 0.6 is 0 Å². The number of carbonyl (C=O) groups excluding carboxylic acids is 3. The average molecular weight is 432 g/mol. The minimum absolute atomic E-state index is 0.0961. The molecule has 1 N–H and O–H groups in total. The standard InChI is InChI=1S/C24H33NO6/c1-13(2)25-17-10-16(21(27)29-5)23(3)8-6-15-22(28)31-18(14-7-9-30-12-14)11-24(15,4)20(23)19(17)26/h7,9,12-13,15-18,20,25H,6,8,10-11H2,1-5H3/t15?,16-,17-,18-,20?,23-,24-/m0/s1. The number of furan rings is 1. The van der Waals surface area contributed by atoms with E-state index in [1.807, 2.05) is 27.7 Å². The van der Waals surface area contributed by atoms with Gasteiger partial charge in [0.1, 0.15) is 6.10 Å². The van der Waals surface area contributed by atoms with Crippen molar-refractivity contribution in [2.24, 2.45) is 28.6 Å². The summed E-state index contributed by atoms with van der Waals surface area (Å²) in [4.78, 5) is 39.9. The normalized spacial score (nSPS) is 40.1. The fourth-order valence-electron chi connectivity index (χ4n) is 6.75. The number of methoxy groups -OCH3 is 1. The van der Waals surface area contributed by atoms with Crippen LogP contribution in [-0.4, -0.2) is 36.9 Å². The van der Waals surface area contributed by atoms with E-state index in [-0.39, 0.29) is 29.7 Å². The van der Waals surface area contributed by atoms with Gasteiger partial charge in [-0.05, 0) is 42.6 Å². The number of rotatable bonds is 4. The number of Topliss-reactive ketones (excluding diaryl/α,β-unsaturated/α-hetero) is 1. The molecule has 7 atom stereocenters. The molecule has 0 radical (unpaired) electrons. The van der Waals surface area contributed by atoms with Crippen molar-refractivity contribution in [2.45, 2.75) is 71.6 Å². The summed E-state index contributed by atoms with van der Waals surface area (Å²) in [5.41, 5.74) is -0.390. The highest BCUT2D eigenvalue weighted by atomic mass is 16.5. The van der Waals surface area contributed by atoms with Crippen LogP contribution in [0.4, 0.5) is 0 Å². The number of hydrogen-bond donors (Lipinski definition) is 1. The first-order chi connectivity index (χ1) is 14.6. The second-order valence-electron chi connectivity index (χ2n) is 10.3. The van der Waals surface area contributed by atoms with Gasteiger partial charge in [0.05, 0.1) is 37.5 Å². The van der Waals surface area contributed by atoms with E-state index in [9.17, 15) is 14.4 Å². The number of esters is 2. The zero-order chi connectivity index (χ0) is 22.6. The van der Waals surface area contributed by atoms with Crippen LogP contribution in [0.2, 0.25) is 0 Å². The third-order valence-corrected chi connectivity index (χ3v) is 8.09. The summed E-state index contributed by atoms with van der Waals surface area (Å²) in [5.74, 6) is -1.65. The number of fused-ring (bicyclic) bond motifs is 3. The summed E-state index contributed by atoms with van der Waals surface area (Å²) in [5, 5.41) is 3.36. The predicted octanol–water partition coefficient (Wildman–Crippen LogP) is 3.44. The molecule has 7 nitrogen and oxygen atoms in total. The monoisotopic (exact) mass is 431 g/mol. The Morgan fingerprint density at radius 2 is 2.00 bits per heavy atom. The molecule has 2 unspecified atom stereocenters. The Labute approximate surface area is 183 Å². The van der Waals surface area contributed by atoms with Gasteiger partial charge in [-0.25, -0.2) is 0 Å². The molecule has 2 aliphatic carbocycles. The van der Waals surface area contributed by atoms with E-state index in [0.29, 0.717) is 25.7 Å². The quantitative estimate of drug-likeness (QED) is 0.730. The molecule has 1 aromatic heterocycles. The van der Waals surface area contributed by atoms with Crippen molar-refractivity contribution >= 4 is 17.7 Å². The highest BCUT2D eigenvalue weighted by Crippen LogP contribution is 2.64. The molecule has 1 aliphatic heterocycles. The van der Waals surface area contributed by atoms with Gasteiger partial charge < -0.3 is 19.2 Å². The Morgan fingerprint density at radius 3 is 2.61 bits per heavy atom. The van der Waals surface area contributed by atoms with Crippen LogP contribution in [0.3, 0.4) is 0 Å². The minimum Gasteiger partial charge on any atom is -0.472 e. The first kappa shape index (κ1) is 22.1. The maximum Gasteiger partial charge on any atom is 0.310 e. The van der Waals surface area contributed by atoms with Gasteiger partial charge in [0.15, 0.2) is 5.78 Å². The molecule has 31 heavy (non-hydrogen) atoms. The summed E-state index contributed by atoms with van der Waals surface area (Å²) in [6.07, 6.45) is 4.85. The topological polar surface area (TPSA) is 94.8 Å². The third kappa shape index (κ3) is 3.41. The number of ether oxygens (including phenoxy) is 2. The molecule has 0 aromatic carbocycles. The van der Waals surface area contributed by atoms with Crippen molar-refractivity contribution in [1.82, 2.24) is 5.32 Å². The second kappa shape index (κ2) is 7.76. The number of ketones is 1. The van der Waals surface area contributed by atoms with Crippen LogP contribution in [-0.2, 0) is 23.9 Å². The van der Waals surface area contributed by atoms with Crippen LogP contribution < -0.4 is 5.32 Å². The molecule has 3 aliphatic rings. The predicted molar refractivity (Wildman–Crippen MR) is 112 cm³/mol. The van der Waals surface area contributed by atoms with Gasteiger partial charge in [-0.1, -0.05) is 27.7 Å². The van der Waals surface area contributed by atoms with E-state index >= 15 is 0 Å². The smallest absolute Gasteiger partial charge is 0.310 e. The van der Waals surface area contributed by atoms with Gasteiger partial charge in [0.25, 0.3) is 0 Å². The van der Waals surface area contributed by atoms with Crippen LogP contribution in [0.25, 0.3) is 0 Å². The molecule has 0 amide bonds. The molecule has 0 bridgehead atoms. The van der Waals surface area contributed by atoms with E-state index in [1.54, 1.807) is 18.6 Å². The Kier molecular flexibility index (Phi) is 5.53. The summed E-state index contributed by atoms with van der Waals surface area (Å²) in [7, 11) is 1.41. The zero-order valence-electron chi connectivity index (χ0n) is 19.0. The number of hydrogen-bond acceptors (Lipinski definition) is 7. The molecule has 4 rings (SSSR count). The second-order valence-corrected chi connectivity index (χ2v) is 10.3. The molecule has 1 saturated heterocycles. The minimum atomic E-state index is -0.620. The van der Waals surface area contributed by atoms with Crippen molar-refractivity contribution in [3.8, 4) is 0 Å². The van der Waals surface area contributed by atoms with Crippen molar-refractivity contribution in [3.63, 3.8) is 0 Å². The van der Waals surface area contributed by atoms with E-state index in [1.165, 1.54) is 7.11 Å². The third-order valence-electron chi connectivity index (χ3n) is 8.09. The Hall–Kier alpha value is -2.15. The molecular formula is C24H33NO6. The van der Waals surface area contributed by atoms with Crippen molar-refractivity contribution in [1.29, 1.82) is 0 Å². The summed E-state index contributed by atoms with van der Waals surface area (Å²) < 4.78 is 16.2. The molecule has 0 spiro atoms. The van der Waals surface area contributed by atoms with Crippen molar-refractivity contribution < 1.29 is 28.3 Å². The lowest BCUT2D eigenvalue weighted by Gasteiger charge is -2.61. The van der Waals surface area contributed by atoms with E-state index in [4.69, 9.17) is 13.9 Å². The van der Waals surface area contributed by atoms with Crippen molar-refractivity contribution in [3.05, 3.63) is 24.2 Å². The van der Waals surface area contributed by atoms with Crippen LogP contribution in [0.15, 0.2) is 23.0 Å². The maximum absolute atomic E-state index is 13.9. The van der Waals surface area contributed by atoms with E-state index in [2.05, 4.69) is 5.32 Å². The number of nitrogens with one attached hydrogen (secondary N) is 1. The first-order valence-electron chi connectivity index (χ1n) is 11.2. The molecule has 170 valence electrons. The molecule has 2 saturated carbocycles. The number of cyclic esters (lactones) is 1. The van der Waals surface area contributed by atoms with Gasteiger partial charge in [-0.2, -0.15) is 0 Å². The highest BCUT2D eigenvalue weighted by Gasteiger charge is 2.67. The molecule has 2 heterocycles. The van der Waals surface area contributed by atoms with Gasteiger partial charge in [-0.3, -0.25) is 14.4 Å². The Morgan fingerprint density at radius 1 is 1.26 bits per heavy atom. The largest absolute Gasteiger partial charge is 0.472 e. The molecular weight excluding hydrogens is 398 g/mol. The van der Waals surface area contributed by atoms with Gasteiger partial charge in [0, 0.05) is 17.5 Å². The van der Waals surface area contributed by atoms with Gasteiger partial charge in [0.2, 0.25) is 0 Å². The van der Waals surface area contributed by atoms with Crippen LogP contribution in [0, 0.1) is 28.6 Å². The van der Waals surface area contributed by atoms with Crippen molar-refractivity contribution in [2.75, 3.05) is 7.11 Å². The van der Waals surface area contributed by atoms with Crippen LogP contribution in [0.1, 0.15) is 65.0 Å². The molecule has 7 heteroatoms. The average Bonchev–Trinajstić information content (AvgIpc) is 3.23. The SMILES string of the molecule is COC(=O)[C@@H]1C[C@H](NC(C)C)C(=O)C2[C@@]3(C)C[C@@H](c4ccoc4)OC(=O)C3CC[C@]21C. The summed E-state index contributed by atoms with van der Waals surface area (Å²) in [6, 6.07) is 1.45. The highest BCUT2D eigenvalue weighted by molar-refractivity contribution is 5.92. The Bertz CT molecular complexity index is 863. The lowest BCUT2D eigenvalue weighted by Crippen LogP contribution is -2.66. The summed E-state index contributed by atoms with van der Waals surface area (Å²) in [6.45, 7) is 8.06. The molecule has 3 fully saturated rings. The van der Waals surface area contributed by atoms with Crippen LogP contribution in [0.5, 0.6) is 0 Å². The maximum atomic E-state index is 13.9. The van der Waals surface area contributed by atoms with Gasteiger partial charge >= 0.3 is 11.9 Å². The number of carbonyl (C=O) groups is 3. The van der Waals surface area contributed by atoms with E-state index < -0.39 is 34.8 Å². The zero-order valence-corrected chi connectivity index (χ0v) is 19.0. The van der Waals surface area contributed by atoms with E-state index in [0.717, 1.165) is 5.56 Å². The fourth-order valence-corrected chi connectivity index (χ4v) is 6.75. The lowest BCUT2D eigenvalue weighted by molar-refractivity contribution is -0.203. The first-order valence-corrected chi connectivity index (χ1v) is 11.2. The Balaban J connectivity index is 1.79. The van der Waals surface area contributed by atoms with Gasteiger partial charge in [-0.15, -0.1) is 0 Å².